The third-order valence-corrected chi connectivity index (χ3v) is 4.76. The largest absolute Gasteiger partial charge is 0.322 e. The lowest BCUT2D eigenvalue weighted by atomic mass is 10.1. The average Bonchev–Trinajstić information content (AvgIpc) is 3.09. The van der Waals surface area contributed by atoms with E-state index in [0.717, 1.165) is 36.2 Å². The van der Waals surface area contributed by atoms with Crippen LogP contribution >= 0.6 is 11.3 Å². The first kappa shape index (κ1) is 16.5. The van der Waals surface area contributed by atoms with Crippen molar-refractivity contribution >= 4 is 40.6 Å². The molecule has 1 fully saturated rings. The Labute approximate surface area is 145 Å². The van der Waals surface area contributed by atoms with Gasteiger partial charge in [0.2, 0.25) is 11.8 Å². The molecule has 1 N–H and O–H groups in total. The number of piperidine rings is 1. The molecule has 0 bridgehead atoms. The number of benzene rings is 1. The molecule has 0 radical (unpaired) electrons. The third-order valence-electron chi connectivity index (χ3n) is 4.06. The molecule has 1 saturated heterocycles. The zero-order chi connectivity index (χ0) is 16.9. The summed E-state index contributed by atoms with van der Waals surface area (Å²) >= 11 is 1.59. The van der Waals surface area contributed by atoms with Crippen LogP contribution in [-0.2, 0) is 9.59 Å². The van der Waals surface area contributed by atoms with E-state index in [1.807, 2.05) is 46.8 Å². The van der Waals surface area contributed by atoms with E-state index in [0.29, 0.717) is 12.1 Å². The fraction of sp³-hybridized carbons (Fsp3) is 0.263. The van der Waals surface area contributed by atoms with Crippen LogP contribution in [0.15, 0.2) is 41.1 Å². The zero-order valence-corrected chi connectivity index (χ0v) is 14.4. The molecule has 0 aliphatic carbocycles. The molecule has 3 rings (SSSR count). The molecule has 2 amide bonds. The second kappa shape index (κ2) is 7.45. The van der Waals surface area contributed by atoms with E-state index in [9.17, 15) is 9.59 Å². The van der Waals surface area contributed by atoms with E-state index in [1.54, 1.807) is 17.4 Å². The van der Waals surface area contributed by atoms with Gasteiger partial charge in [0.25, 0.3) is 0 Å². The van der Waals surface area contributed by atoms with Gasteiger partial charge in [0.15, 0.2) is 0 Å². The van der Waals surface area contributed by atoms with E-state index >= 15 is 0 Å². The van der Waals surface area contributed by atoms with Gasteiger partial charge in [-0.2, -0.15) is 11.3 Å². The molecule has 5 heteroatoms. The minimum Gasteiger partial charge on any atom is -0.322 e. The maximum atomic E-state index is 12.1. The van der Waals surface area contributed by atoms with Gasteiger partial charge >= 0.3 is 0 Å². The minimum atomic E-state index is -0.180. The summed E-state index contributed by atoms with van der Waals surface area (Å²) in [6.07, 6.45) is 5.88. The SMILES string of the molecule is Cc1ccc(NC(=O)/C=C/c2ccsc2)cc1N1CCCCC1=O. The van der Waals surface area contributed by atoms with E-state index in [4.69, 9.17) is 0 Å². The third kappa shape index (κ3) is 3.92. The first-order chi connectivity index (χ1) is 11.6. The molecule has 0 saturated carbocycles. The molecule has 2 aromatic rings. The second-order valence-corrected chi connectivity index (χ2v) is 6.66. The Bertz CT molecular complexity index is 766. The molecule has 1 aromatic heterocycles. The fourth-order valence-corrected chi connectivity index (χ4v) is 3.39. The predicted octanol–water partition coefficient (Wildman–Crippen LogP) is 4.23. The van der Waals surface area contributed by atoms with Gasteiger partial charge < -0.3 is 10.2 Å². The summed E-state index contributed by atoms with van der Waals surface area (Å²) in [6, 6.07) is 7.65. The first-order valence-electron chi connectivity index (χ1n) is 8.06. The molecule has 0 atom stereocenters. The highest BCUT2D eigenvalue weighted by Crippen LogP contribution is 2.27. The van der Waals surface area contributed by atoms with Crippen LogP contribution in [0.25, 0.3) is 6.08 Å². The molecule has 0 spiro atoms. The van der Waals surface area contributed by atoms with Crippen LogP contribution in [0.3, 0.4) is 0 Å². The Morgan fingerprint density at radius 1 is 1.29 bits per heavy atom. The molecule has 124 valence electrons. The molecular formula is C19H20N2O2S. The molecule has 1 aliphatic rings. The maximum absolute atomic E-state index is 12.1. The lowest BCUT2D eigenvalue weighted by molar-refractivity contribution is -0.119. The summed E-state index contributed by atoms with van der Waals surface area (Å²) in [4.78, 5) is 26.0. The number of hydrogen-bond donors (Lipinski definition) is 1. The van der Waals surface area contributed by atoms with E-state index in [2.05, 4.69) is 5.32 Å². The number of aryl methyl sites for hydroxylation is 1. The molecule has 2 heterocycles. The Morgan fingerprint density at radius 3 is 2.92 bits per heavy atom. The Hall–Kier alpha value is -2.40. The van der Waals surface area contributed by atoms with Crippen molar-refractivity contribution in [3.63, 3.8) is 0 Å². The van der Waals surface area contributed by atoms with Crippen molar-refractivity contribution in [3.8, 4) is 0 Å². The summed E-state index contributed by atoms with van der Waals surface area (Å²) in [7, 11) is 0. The summed E-state index contributed by atoms with van der Waals surface area (Å²) < 4.78 is 0. The number of hydrogen-bond acceptors (Lipinski definition) is 3. The van der Waals surface area contributed by atoms with E-state index in [1.165, 1.54) is 6.08 Å². The molecule has 1 aromatic carbocycles. The van der Waals surface area contributed by atoms with Gasteiger partial charge in [0.05, 0.1) is 0 Å². The summed E-state index contributed by atoms with van der Waals surface area (Å²) in [6.45, 7) is 2.73. The molecule has 4 nitrogen and oxygen atoms in total. The molecule has 1 aliphatic heterocycles. The van der Waals surface area contributed by atoms with Crippen molar-refractivity contribution in [2.24, 2.45) is 0 Å². The van der Waals surface area contributed by atoms with Crippen LogP contribution in [0.5, 0.6) is 0 Å². The topological polar surface area (TPSA) is 49.4 Å². The summed E-state index contributed by atoms with van der Waals surface area (Å²) in [5, 5.41) is 6.82. The lowest BCUT2D eigenvalue weighted by Crippen LogP contribution is -2.35. The van der Waals surface area contributed by atoms with Gasteiger partial charge in [-0.05, 0) is 65.9 Å². The molecule has 0 unspecified atom stereocenters. The van der Waals surface area contributed by atoms with Crippen molar-refractivity contribution in [2.45, 2.75) is 26.2 Å². The number of nitrogens with zero attached hydrogens (tertiary/aromatic N) is 1. The number of thiophene rings is 1. The zero-order valence-electron chi connectivity index (χ0n) is 13.6. The van der Waals surface area contributed by atoms with Gasteiger partial charge in [-0.3, -0.25) is 9.59 Å². The van der Waals surface area contributed by atoms with Crippen LogP contribution < -0.4 is 10.2 Å². The second-order valence-electron chi connectivity index (χ2n) is 5.88. The van der Waals surface area contributed by atoms with Crippen molar-refractivity contribution in [1.29, 1.82) is 0 Å². The Morgan fingerprint density at radius 2 is 2.17 bits per heavy atom. The monoisotopic (exact) mass is 340 g/mol. The smallest absolute Gasteiger partial charge is 0.248 e. The number of anilines is 2. The summed E-state index contributed by atoms with van der Waals surface area (Å²) in [5.74, 6) is -0.0221. The lowest BCUT2D eigenvalue weighted by Gasteiger charge is -2.28. The molecule has 24 heavy (non-hydrogen) atoms. The highest BCUT2D eigenvalue weighted by Gasteiger charge is 2.21. The van der Waals surface area contributed by atoms with Gasteiger partial charge in [-0.15, -0.1) is 0 Å². The number of amides is 2. The molecular weight excluding hydrogens is 320 g/mol. The van der Waals surface area contributed by atoms with Gasteiger partial charge in [-0.25, -0.2) is 0 Å². The number of carbonyl (C=O) groups is 2. The van der Waals surface area contributed by atoms with E-state index < -0.39 is 0 Å². The Kier molecular flexibility index (Phi) is 5.11. The standard InChI is InChI=1S/C19H20N2O2S/c1-14-5-7-16(12-17(14)21-10-3-2-4-19(21)23)20-18(22)8-6-15-9-11-24-13-15/h5-9,11-13H,2-4,10H2,1H3,(H,20,22)/b8-6+. The van der Waals surface area contributed by atoms with Gasteiger partial charge in [0.1, 0.15) is 0 Å². The highest BCUT2D eigenvalue weighted by atomic mass is 32.1. The maximum Gasteiger partial charge on any atom is 0.248 e. The predicted molar refractivity (Wildman–Crippen MR) is 99.4 cm³/mol. The van der Waals surface area contributed by atoms with Gasteiger partial charge in [-0.1, -0.05) is 6.07 Å². The van der Waals surface area contributed by atoms with Gasteiger partial charge in [0, 0.05) is 30.4 Å². The summed E-state index contributed by atoms with van der Waals surface area (Å²) in [5.41, 5.74) is 3.64. The van der Waals surface area contributed by atoms with Crippen LogP contribution in [0.2, 0.25) is 0 Å². The van der Waals surface area contributed by atoms with Crippen LogP contribution in [0.4, 0.5) is 11.4 Å². The first-order valence-corrected chi connectivity index (χ1v) is 9.00. The van der Waals surface area contributed by atoms with Crippen LogP contribution in [0, 0.1) is 6.92 Å². The number of carbonyl (C=O) groups excluding carboxylic acids is 2. The minimum absolute atomic E-state index is 0.158. The van der Waals surface area contributed by atoms with Crippen LogP contribution in [0.1, 0.15) is 30.4 Å². The van der Waals surface area contributed by atoms with E-state index in [-0.39, 0.29) is 11.8 Å². The van der Waals surface area contributed by atoms with Crippen LogP contribution in [-0.4, -0.2) is 18.4 Å². The number of rotatable bonds is 4. The average molecular weight is 340 g/mol. The van der Waals surface area contributed by atoms with Crippen molar-refractivity contribution in [1.82, 2.24) is 0 Å². The number of nitrogens with one attached hydrogen (secondary N) is 1. The van der Waals surface area contributed by atoms with Crippen molar-refractivity contribution in [3.05, 3.63) is 52.2 Å². The van der Waals surface area contributed by atoms with Crippen molar-refractivity contribution in [2.75, 3.05) is 16.8 Å². The Balaban J connectivity index is 1.73. The normalized spacial score (nSPS) is 15.0. The van der Waals surface area contributed by atoms with Crippen molar-refractivity contribution < 1.29 is 9.59 Å². The fourth-order valence-electron chi connectivity index (χ4n) is 2.76. The quantitative estimate of drug-likeness (QED) is 0.847. The highest BCUT2D eigenvalue weighted by molar-refractivity contribution is 7.08.